The van der Waals surface area contributed by atoms with Gasteiger partial charge in [0.15, 0.2) is 0 Å². The first-order valence-corrected chi connectivity index (χ1v) is 5.15. The fourth-order valence-corrected chi connectivity index (χ4v) is 2.19. The summed E-state index contributed by atoms with van der Waals surface area (Å²) < 4.78 is 25.2. The average molecular weight is 327 g/mol. The van der Waals surface area contributed by atoms with Gasteiger partial charge in [-0.05, 0) is 41.1 Å². The number of alkyl halides is 2. The Morgan fingerprint density at radius 1 is 1.67 bits per heavy atom. The van der Waals surface area contributed by atoms with Gasteiger partial charge in [-0.1, -0.05) is 0 Å². The molecule has 1 N–H and O–H groups in total. The molecule has 3 nitrogen and oxygen atoms in total. The molecule has 1 heterocycles. The van der Waals surface area contributed by atoms with E-state index in [9.17, 15) is 13.6 Å². The lowest BCUT2D eigenvalue weighted by Gasteiger charge is -2.08. The van der Waals surface area contributed by atoms with Crippen LogP contribution in [0, 0.1) is 10.6 Å². The van der Waals surface area contributed by atoms with Gasteiger partial charge in [-0.2, -0.15) is 0 Å². The van der Waals surface area contributed by atoms with Crippen LogP contribution < -0.4 is 0 Å². The van der Waals surface area contributed by atoms with E-state index in [4.69, 9.17) is 5.11 Å². The standard InChI is InChI=1S/C9H8F2INO2/c1-4-2-5(3-6(14)15)13-9(12)7(4)8(10)11/h2,8H,3H2,1H3,(H,14,15). The summed E-state index contributed by atoms with van der Waals surface area (Å²) in [5.74, 6) is -1.03. The highest BCUT2D eigenvalue weighted by molar-refractivity contribution is 14.1. The van der Waals surface area contributed by atoms with Gasteiger partial charge in [0.2, 0.25) is 0 Å². The first kappa shape index (κ1) is 12.3. The Labute approximate surface area is 98.7 Å². The molecule has 0 aliphatic rings. The zero-order valence-electron chi connectivity index (χ0n) is 7.80. The second-order valence-corrected chi connectivity index (χ2v) is 4.03. The van der Waals surface area contributed by atoms with E-state index < -0.39 is 12.4 Å². The monoisotopic (exact) mass is 327 g/mol. The SMILES string of the molecule is Cc1cc(CC(=O)O)nc(I)c1C(F)F. The van der Waals surface area contributed by atoms with Crippen molar-refractivity contribution in [2.75, 3.05) is 0 Å². The lowest BCUT2D eigenvalue weighted by atomic mass is 10.1. The molecule has 1 rings (SSSR count). The molecule has 0 aliphatic heterocycles. The van der Waals surface area contributed by atoms with Crippen molar-refractivity contribution in [1.82, 2.24) is 4.98 Å². The molecular weight excluding hydrogens is 319 g/mol. The smallest absolute Gasteiger partial charge is 0.309 e. The topological polar surface area (TPSA) is 50.2 Å². The number of aromatic nitrogens is 1. The van der Waals surface area contributed by atoms with Gasteiger partial charge in [-0.3, -0.25) is 4.79 Å². The van der Waals surface area contributed by atoms with Gasteiger partial charge in [-0.15, -0.1) is 0 Å². The minimum absolute atomic E-state index is 0.121. The number of halogens is 3. The molecule has 0 aliphatic carbocycles. The average Bonchev–Trinajstić information content (AvgIpc) is 1.99. The maximum atomic E-state index is 12.5. The molecule has 1 aromatic rings. The second kappa shape index (κ2) is 4.82. The molecule has 6 heteroatoms. The van der Waals surface area contributed by atoms with Gasteiger partial charge in [0.05, 0.1) is 17.7 Å². The van der Waals surface area contributed by atoms with Gasteiger partial charge in [-0.25, -0.2) is 13.8 Å². The van der Waals surface area contributed by atoms with E-state index in [1.165, 1.54) is 13.0 Å². The van der Waals surface area contributed by atoms with Crippen LogP contribution in [0.4, 0.5) is 8.78 Å². The third-order valence-electron chi connectivity index (χ3n) is 1.82. The molecule has 0 amide bonds. The summed E-state index contributed by atoms with van der Waals surface area (Å²) in [6, 6.07) is 1.39. The molecule has 0 atom stereocenters. The van der Waals surface area contributed by atoms with E-state index >= 15 is 0 Å². The molecule has 0 spiro atoms. The van der Waals surface area contributed by atoms with Crippen molar-refractivity contribution in [2.24, 2.45) is 0 Å². The van der Waals surface area contributed by atoms with Crippen LogP contribution in [0.5, 0.6) is 0 Å². The Kier molecular flexibility index (Phi) is 3.95. The minimum atomic E-state index is -2.58. The van der Waals surface area contributed by atoms with E-state index in [1.54, 1.807) is 22.6 Å². The zero-order chi connectivity index (χ0) is 11.6. The van der Waals surface area contributed by atoms with Crippen LogP contribution in [0.25, 0.3) is 0 Å². The van der Waals surface area contributed by atoms with Gasteiger partial charge < -0.3 is 5.11 Å². The number of carbonyl (C=O) groups is 1. The molecular formula is C9H8F2INO2. The van der Waals surface area contributed by atoms with Crippen LogP contribution >= 0.6 is 22.6 Å². The van der Waals surface area contributed by atoms with Crippen molar-refractivity contribution >= 4 is 28.6 Å². The Hall–Kier alpha value is -0.790. The highest BCUT2D eigenvalue weighted by Gasteiger charge is 2.17. The van der Waals surface area contributed by atoms with Crippen molar-refractivity contribution < 1.29 is 18.7 Å². The third kappa shape index (κ3) is 3.08. The lowest BCUT2D eigenvalue weighted by Crippen LogP contribution is -2.06. The van der Waals surface area contributed by atoms with Crippen molar-refractivity contribution in [2.45, 2.75) is 19.8 Å². The van der Waals surface area contributed by atoms with Gasteiger partial charge in [0, 0.05) is 0 Å². The van der Waals surface area contributed by atoms with E-state index in [2.05, 4.69) is 4.98 Å². The number of pyridine rings is 1. The number of aliphatic carboxylic acids is 1. The van der Waals surface area contributed by atoms with Crippen LogP contribution in [-0.2, 0) is 11.2 Å². The number of hydrogen-bond donors (Lipinski definition) is 1. The van der Waals surface area contributed by atoms with Crippen molar-refractivity contribution in [3.05, 3.63) is 26.6 Å². The van der Waals surface area contributed by atoms with Crippen molar-refractivity contribution in [1.29, 1.82) is 0 Å². The van der Waals surface area contributed by atoms with E-state index in [-0.39, 0.29) is 15.7 Å². The largest absolute Gasteiger partial charge is 0.481 e. The molecule has 15 heavy (non-hydrogen) atoms. The fourth-order valence-electron chi connectivity index (χ4n) is 1.22. The predicted molar refractivity (Wildman–Crippen MR) is 58.0 cm³/mol. The van der Waals surface area contributed by atoms with Crippen LogP contribution in [-0.4, -0.2) is 16.1 Å². The first-order chi connectivity index (χ1) is 6.91. The van der Waals surface area contributed by atoms with Gasteiger partial charge >= 0.3 is 5.97 Å². The molecule has 0 unspecified atom stereocenters. The molecule has 0 fully saturated rings. The van der Waals surface area contributed by atoms with E-state index in [0.29, 0.717) is 11.3 Å². The predicted octanol–water partition coefficient (Wildman–Crippen LogP) is 2.56. The number of carboxylic acid groups (broad SMARTS) is 1. The zero-order valence-corrected chi connectivity index (χ0v) is 9.96. The normalized spacial score (nSPS) is 10.7. The number of aryl methyl sites for hydroxylation is 1. The Bertz CT molecular complexity index is 373. The number of rotatable bonds is 3. The summed E-state index contributed by atoms with van der Waals surface area (Å²) in [4.78, 5) is 14.2. The fraction of sp³-hybridized carbons (Fsp3) is 0.333. The highest BCUT2D eigenvalue weighted by Crippen LogP contribution is 2.27. The third-order valence-corrected chi connectivity index (χ3v) is 2.64. The van der Waals surface area contributed by atoms with Gasteiger partial charge in [0.1, 0.15) is 3.70 Å². The molecule has 82 valence electrons. The van der Waals surface area contributed by atoms with Gasteiger partial charge in [0.25, 0.3) is 6.43 Å². The highest BCUT2D eigenvalue weighted by atomic mass is 127. The summed E-state index contributed by atoms with van der Waals surface area (Å²) in [6.07, 6.45) is -2.83. The summed E-state index contributed by atoms with van der Waals surface area (Å²) in [7, 11) is 0. The molecule has 0 saturated heterocycles. The minimum Gasteiger partial charge on any atom is -0.481 e. The summed E-state index contributed by atoms with van der Waals surface area (Å²) in [5, 5.41) is 8.54. The van der Waals surface area contributed by atoms with Crippen LogP contribution in [0.15, 0.2) is 6.07 Å². The number of nitrogens with zero attached hydrogens (tertiary/aromatic N) is 1. The quantitative estimate of drug-likeness (QED) is 0.686. The summed E-state index contributed by atoms with van der Waals surface area (Å²) >= 11 is 1.69. The Morgan fingerprint density at radius 3 is 2.67 bits per heavy atom. The van der Waals surface area contributed by atoms with Crippen LogP contribution in [0.3, 0.4) is 0 Å². The molecule has 1 aromatic heterocycles. The maximum absolute atomic E-state index is 12.5. The molecule has 0 bridgehead atoms. The van der Waals surface area contributed by atoms with E-state index in [1.807, 2.05) is 0 Å². The molecule has 0 aromatic carbocycles. The second-order valence-electron chi connectivity index (χ2n) is 3.01. The lowest BCUT2D eigenvalue weighted by molar-refractivity contribution is -0.136. The summed E-state index contributed by atoms with van der Waals surface area (Å²) in [6.45, 7) is 1.52. The van der Waals surface area contributed by atoms with Crippen LogP contribution in [0.1, 0.15) is 23.2 Å². The summed E-state index contributed by atoms with van der Waals surface area (Å²) in [5.41, 5.74) is 0.555. The molecule has 0 saturated carbocycles. The maximum Gasteiger partial charge on any atom is 0.309 e. The van der Waals surface area contributed by atoms with E-state index in [0.717, 1.165) is 0 Å². The Morgan fingerprint density at radius 2 is 2.27 bits per heavy atom. The number of hydrogen-bond acceptors (Lipinski definition) is 2. The Balaban J connectivity index is 3.13. The first-order valence-electron chi connectivity index (χ1n) is 4.07. The van der Waals surface area contributed by atoms with Crippen molar-refractivity contribution in [3.63, 3.8) is 0 Å². The van der Waals surface area contributed by atoms with Crippen molar-refractivity contribution in [3.8, 4) is 0 Å². The molecule has 0 radical (unpaired) electrons. The van der Waals surface area contributed by atoms with Crippen LogP contribution in [0.2, 0.25) is 0 Å². The number of carboxylic acids is 1.